The Bertz CT molecular complexity index is 716. The van der Waals surface area contributed by atoms with E-state index in [2.05, 4.69) is 9.97 Å². The standard InChI is InChI=1S/C19H23N3O3/c1-13-11-17(21-14(2)20-13)25-16-9-6-10-22(12-16)19(24)18(23)15-7-4-3-5-8-15/h3-5,7-8,11,16,18,23H,6,9-10,12H2,1-2H3. The van der Waals surface area contributed by atoms with Crippen molar-refractivity contribution in [1.82, 2.24) is 14.9 Å². The number of aryl methyl sites for hydroxylation is 2. The molecule has 1 fully saturated rings. The van der Waals surface area contributed by atoms with Crippen molar-refractivity contribution in [1.29, 1.82) is 0 Å². The van der Waals surface area contributed by atoms with Crippen molar-refractivity contribution in [3.8, 4) is 5.88 Å². The Morgan fingerprint density at radius 1 is 1.28 bits per heavy atom. The summed E-state index contributed by atoms with van der Waals surface area (Å²) in [5.41, 5.74) is 1.46. The van der Waals surface area contributed by atoms with Crippen LogP contribution in [0.4, 0.5) is 0 Å². The van der Waals surface area contributed by atoms with E-state index in [0.717, 1.165) is 18.5 Å². The van der Waals surface area contributed by atoms with Gasteiger partial charge in [0.25, 0.3) is 5.91 Å². The Morgan fingerprint density at radius 3 is 2.76 bits per heavy atom. The lowest BCUT2D eigenvalue weighted by atomic mass is 10.0. The van der Waals surface area contributed by atoms with Gasteiger partial charge >= 0.3 is 0 Å². The normalized spacial score (nSPS) is 18.7. The minimum absolute atomic E-state index is 0.130. The third-order valence-corrected chi connectivity index (χ3v) is 4.27. The first kappa shape index (κ1) is 17.4. The number of ether oxygens (including phenoxy) is 1. The number of rotatable bonds is 4. The molecule has 0 aliphatic carbocycles. The highest BCUT2D eigenvalue weighted by Gasteiger charge is 2.29. The van der Waals surface area contributed by atoms with E-state index >= 15 is 0 Å². The first-order chi connectivity index (χ1) is 12.0. The van der Waals surface area contributed by atoms with Gasteiger partial charge in [0, 0.05) is 18.3 Å². The lowest BCUT2D eigenvalue weighted by molar-refractivity contribution is -0.143. The van der Waals surface area contributed by atoms with Gasteiger partial charge in [-0.05, 0) is 32.3 Å². The summed E-state index contributed by atoms with van der Waals surface area (Å²) in [5, 5.41) is 10.3. The van der Waals surface area contributed by atoms with Crippen LogP contribution in [0.2, 0.25) is 0 Å². The van der Waals surface area contributed by atoms with E-state index in [0.29, 0.717) is 30.4 Å². The van der Waals surface area contributed by atoms with Gasteiger partial charge in [-0.2, -0.15) is 4.98 Å². The summed E-state index contributed by atoms with van der Waals surface area (Å²) < 4.78 is 5.96. The summed E-state index contributed by atoms with van der Waals surface area (Å²) in [4.78, 5) is 22.8. The van der Waals surface area contributed by atoms with Gasteiger partial charge in [0.2, 0.25) is 5.88 Å². The Kier molecular flexibility index (Phi) is 5.28. The van der Waals surface area contributed by atoms with Gasteiger partial charge in [-0.25, -0.2) is 4.98 Å². The molecule has 1 amide bonds. The molecule has 2 heterocycles. The zero-order valence-corrected chi connectivity index (χ0v) is 14.6. The van der Waals surface area contributed by atoms with Crippen molar-refractivity contribution in [2.75, 3.05) is 13.1 Å². The van der Waals surface area contributed by atoms with Crippen molar-refractivity contribution < 1.29 is 14.6 Å². The average molecular weight is 341 g/mol. The van der Waals surface area contributed by atoms with Crippen LogP contribution in [0.25, 0.3) is 0 Å². The highest BCUT2D eigenvalue weighted by atomic mass is 16.5. The van der Waals surface area contributed by atoms with E-state index < -0.39 is 6.10 Å². The molecule has 3 rings (SSSR count). The number of nitrogens with zero attached hydrogens (tertiary/aromatic N) is 3. The summed E-state index contributed by atoms with van der Waals surface area (Å²) in [7, 11) is 0. The van der Waals surface area contributed by atoms with Crippen molar-refractivity contribution >= 4 is 5.91 Å². The van der Waals surface area contributed by atoms with E-state index in [1.165, 1.54) is 0 Å². The predicted octanol–water partition coefficient (Wildman–Crippen LogP) is 2.20. The minimum atomic E-state index is -1.14. The smallest absolute Gasteiger partial charge is 0.256 e. The largest absolute Gasteiger partial charge is 0.472 e. The number of likely N-dealkylation sites (tertiary alicyclic amines) is 1. The summed E-state index contributed by atoms with van der Waals surface area (Å²) >= 11 is 0. The molecule has 1 aliphatic rings. The zero-order chi connectivity index (χ0) is 17.8. The van der Waals surface area contributed by atoms with E-state index in [1.54, 1.807) is 23.1 Å². The van der Waals surface area contributed by atoms with Gasteiger partial charge in [0.15, 0.2) is 6.10 Å². The zero-order valence-electron chi connectivity index (χ0n) is 14.6. The van der Waals surface area contributed by atoms with Crippen molar-refractivity contribution in [3.63, 3.8) is 0 Å². The van der Waals surface area contributed by atoms with Crippen molar-refractivity contribution in [2.24, 2.45) is 0 Å². The van der Waals surface area contributed by atoms with Crippen LogP contribution >= 0.6 is 0 Å². The van der Waals surface area contributed by atoms with E-state index in [4.69, 9.17) is 4.74 Å². The van der Waals surface area contributed by atoms with Gasteiger partial charge in [0.1, 0.15) is 11.9 Å². The fourth-order valence-electron chi connectivity index (χ4n) is 3.10. The molecular weight excluding hydrogens is 318 g/mol. The van der Waals surface area contributed by atoms with Crippen molar-refractivity contribution in [2.45, 2.75) is 38.9 Å². The number of amides is 1. The first-order valence-corrected chi connectivity index (χ1v) is 8.53. The van der Waals surface area contributed by atoms with Crippen LogP contribution in [-0.4, -0.2) is 45.1 Å². The Balaban J connectivity index is 1.65. The molecule has 1 saturated heterocycles. The second-order valence-electron chi connectivity index (χ2n) is 6.37. The number of piperidine rings is 1. The van der Waals surface area contributed by atoms with Crippen LogP contribution in [0.5, 0.6) is 5.88 Å². The van der Waals surface area contributed by atoms with Crippen LogP contribution in [-0.2, 0) is 4.79 Å². The number of hydrogen-bond acceptors (Lipinski definition) is 5. The van der Waals surface area contributed by atoms with Crippen LogP contribution in [0.3, 0.4) is 0 Å². The van der Waals surface area contributed by atoms with E-state index in [1.807, 2.05) is 32.0 Å². The Hall–Kier alpha value is -2.47. The van der Waals surface area contributed by atoms with Crippen LogP contribution in [0.1, 0.15) is 36.0 Å². The van der Waals surface area contributed by atoms with Crippen LogP contribution in [0, 0.1) is 13.8 Å². The molecule has 0 radical (unpaired) electrons. The summed E-state index contributed by atoms with van der Waals surface area (Å²) in [6.07, 6.45) is 0.423. The maximum Gasteiger partial charge on any atom is 0.256 e. The summed E-state index contributed by atoms with van der Waals surface area (Å²) in [6.45, 7) is 4.80. The monoisotopic (exact) mass is 341 g/mol. The molecule has 1 aromatic heterocycles. The molecule has 1 N–H and O–H groups in total. The SMILES string of the molecule is Cc1cc(OC2CCCN(C(=O)C(O)c3ccccc3)C2)nc(C)n1. The number of carbonyl (C=O) groups is 1. The third-order valence-electron chi connectivity index (χ3n) is 4.27. The molecule has 2 aromatic rings. The number of hydrogen-bond donors (Lipinski definition) is 1. The molecule has 1 aliphatic heterocycles. The first-order valence-electron chi connectivity index (χ1n) is 8.53. The van der Waals surface area contributed by atoms with Gasteiger partial charge in [-0.3, -0.25) is 4.79 Å². The molecule has 0 bridgehead atoms. The molecule has 132 valence electrons. The van der Waals surface area contributed by atoms with Crippen molar-refractivity contribution in [3.05, 3.63) is 53.5 Å². The van der Waals surface area contributed by atoms with Gasteiger partial charge < -0.3 is 14.7 Å². The highest BCUT2D eigenvalue weighted by Crippen LogP contribution is 2.21. The number of benzene rings is 1. The molecular formula is C19H23N3O3. The minimum Gasteiger partial charge on any atom is -0.472 e. The number of aromatic nitrogens is 2. The topological polar surface area (TPSA) is 75.5 Å². The second kappa shape index (κ2) is 7.61. The lowest BCUT2D eigenvalue weighted by Gasteiger charge is -2.33. The van der Waals surface area contributed by atoms with E-state index in [9.17, 15) is 9.90 Å². The molecule has 0 saturated carbocycles. The number of aliphatic hydroxyl groups excluding tert-OH is 1. The average Bonchev–Trinajstić information content (AvgIpc) is 2.60. The summed E-state index contributed by atoms with van der Waals surface area (Å²) in [5.74, 6) is 0.917. The Labute approximate surface area is 147 Å². The predicted molar refractivity (Wildman–Crippen MR) is 93.1 cm³/mol. The molecule has 2 atom stereocenters. The summed E-state index contributed by atoms with van der Waals surface area (Å²) in [6, 6.07) is 10.8. The van der Waals surface area contributed by atoms with Crippen LogP contribution < -0.4 is 4.74 Å². The van der Waals surface area contributed by atoms with E-state index in [-0.39, 0.29) is 12.0 Å². The van der Waals surface area contributed by atoms with Crippen LogP contribution in [0.15, 0.2) is 36.4 Å². The molecule has 1 aromatic carbocycles. The van der Waals surface area contributed by atoms with Gasteiger partial charge in [-0.1, -0.05) is 30.3 Å². The third kappa shape index (κ3) is 4.33. The quantitative estimate of drug-likeness (QED) is 0.923. The maximum absolute atomic E-state index is 12.6. The molecule has 2 unspecified atom stereocenters. The second-order valence-corrected chi connectivity index (χ2v) is 6.37. The number of carbonyl (C=O) groups excluding carboxylic acids is 1. The molecule has 25 heavy (non-hydrogen) atoms. The van der Waals surface area contributed by atoms with Gasteiger partial charge in [0.05, 0.1) is 6.54 Å². The number of aliphatic hydroxyl groups is 1. The highest BCUT2D eigenvalue weighted by molar-refractivity contribution is 5.82. The molecule has 6 nitrogen and oxygen atoms in total. The fourth-order valence-corrected chi connectivity index (χ4v) is 3.10. The maximum atomic E-state index is 12.6. The Morgan fingerprint density at radius 2 is 2.04 bits per heavy atom. The lowest BCUT2D eigenvalue weighted by Crippen LogP contribution is -2.46. The molecule has 0 spiro atoms. The fraction of sp³-hybridized carbons (Fsp3) is 0.421. The molecule has 6 heteroatoms. The van der Waals surface area contributed by atoms with Gasteiger partial charge in [-0.15, -0.1) is 0 Å².